The fraction of sp³-hybridized carbons (Fsp3) is 0.357. The van der Waals surface area contributed by atoms with Crippen molar-refractivity contribution in [1.29, 1.82) is 0 Å². The van der Waals surface area contributed by atoms with Gasteiger partial charge in [-0.05, 0) is 24.1 Å². The highest BCUT2D eigenvalue weighted by Gasteiger charge is 2.17. The molecule has 0 saturated heterocycles. The molecule has 20 heavy (non-hydrogen) atoms. The van der Waals surface area contributed by atoms with Gasteiger partial charge in [0.25, 0.3) is 5.91 Å². The normalized spacial score (nSPS) is 10.6. The van der Waals surface area contributed by atoms with Crippen molar-refractivity contribution in [2.75, 3.05) is 7.05 Å². The van der Waals surface area contributed by atoms with Crippen LogP contribution in [0.15, 0.2) is 24.3 Å². The Morgan fingerprint density at radius 2 is 2.05 bits per heavy atom. The van der Waals surface area contributed by atoms with Gasteiger partial charge in [0.1, 0.15) is 5.82 Å². The molecule has 2 aromatic rings. The van der Waals surface area contributed by atoms with Crippen LogP contribution in [0.3, 0.4) is 0 Å². The van der Waals surface area contributed by atoms with Crippen molar-refractivity contribution in [3.05, 3.63) is 46.5 Å². The maximum absolute atomic E-state index is 12.2. The average Bonchev–Trinajstić information content (AvgIpc) is 2.89. The van der Waals surface area contributed by atoms with E-state index in [0.717, 1.165) is 24.2 Å². The van der Waals surface area contributed by atoms with Gasteiger partial charge >= 0.3 is 0 Å². The molecule has 0 atom stereocenters. The van der Waals surface area contributed by atoms with E-state index in [9.17, 15) is 4.79 Å². The van der Waals surface area contributed by atoms with Gasteiger partial charge in [-0.25, -0.2) is 4.98 Å². The van der Waals surface area contributed by atoms with E-state index in [1.807, 2.05) is 12.1 Å². The second-order valence-corrected chi connectivity index (χ2v) is 5.08. The summed E-state index contributed by atoms with van der Waals surface area (Å²) >= 11 is 5.83. The molecular weight excluding hydrogens is 276 g/mol. The maximum atomic E-state index is 12.2. The summed E-state index contributed by atoms with van der Waals surface area (Å²) in [6.45, 7) is 2.55. The van der Waals surface area contributed by atoms with Gasteiger partial charge in [-0.1, -0.05) is 30.7 Å². The molecule has 0 aliphatic rings. The Morgan fingerprint density at radius 1 is 1.35 bits per heavy atom. The molecule has 1 amide bonds. The lowest BCUT2D eigenvalue weighted by Crippen LogP contribution is -2.27. The van der Waals surface area contributed by atoms with E-state index in [-0.39, 0.29) is 11.7 Å². The summed E-state index contributed by atoms with van der Waals surface area (Å²) in [6.07, 6.45) is 1.75. The van der Waals surface area contributed by atoms with Crippen LogP contribution in [0, 0.1) is 0 Å². The monoisotopic (exact) mass is 292 g/mol. The van der Waals surface area contributed by atoms with Crippen LogP contribution >= 0.6 is 11.6 Å². The number of hydrogen-bond acceptors (Lipinski definition) is 3. The number of rotatable bonds is 5. The molecule has 0 bridgehead atoms. The summed E-state index contributed by atoms with van der Waals surface area (Å²) in [5.74, 6) is 0.763. The fourth-order valence-electron chi connectivity index (χ4n) is 1.85. The molecule has 0 fully saturated rings. The standard InChI is InChI=1S/C14H17ClN4O/c1-3-4-12-16-13(18-17-12)14(20)19(2)9-10-5-7-11(15)8-6-10/h5-8H,3-4,9H2,1-2H3,(H,16,17,18). The smallest absolute Gasteiger partial charge is 0.293 e. The minimum Gasteiger partial charge on any atom is -0.335 e. The van der Waals surface area contributed by atoms with E-state index in [2.05, 4.69) is 22.1 Å². The first kappa shape index (κ1) is 14.5. The largest absolute Gasteiger partial charge is 0.335 e. The Balaban J connectivity index is 2.02. The van der Waals surface area contributed by atoms with Crippen LogP contribution < -0.4 is 0 Å². The molecule has 1 aromatic carbocycles. The van der Waals surface area contributed by atoms with Crippen molar-refractivity contribution >= 4 is 17.5 Å². The third kappa shape index (κ3) is 3.57. The summed E-state index contributed by atoms with van der Waals surface area (Å²) in [5.41, 5.74) is 1.01. The minimum atomic E-state index is -0.196. The van der Waals surface area contributed by atoms with Crippen LogP contribution in [-0.4, -0.2) is 33.0 Å². The molecule has 6 heteroatoms. The van der Waals surface area contributed by atoms with Gasteiger partial charge in [-0.15, -0.1) is 5.10 Å². The van der Waals surface area contributed by atoms with Gasteiger partial charge in [0.15, 0.2) is 0 Å². The first-order chi connectivity index (χ1) is 9.60. The third-order valence-electron chi connectivity index (χ3n) is 2.89. The van der Waals surface area contributed by atoms with Crippen LogP contribution in [-0.2, 0) is 13.0 Å². The fourth-order valence-corrected chi connectivity index (χ4v) is 1.97. The second-order valence-electron chi connectivity index (χ2n) is 4.64. The number of amides is 1. The first-order valence-corrected chi connectivity index (χ1v) is 6.89. The zero-order chi connectivity index (χ0) is 14.5. The van der Waals surface area contributed by atoms with Crippen molar-refractivity contribution in [3.63, 3.8) is 0 Å². The summed E-state index contributed by atoms with van der Waals surface area (Å²) in [5, 5.41) is 7.43. The van der Waals surface area contributed by atoms with Crippen LogP contribution in [0.25, 0.3) is 0 Å². The molecule has 2 rings (SSSR count). The van der Waals surface area contributed by atoms with E-state index < -0.39 is 0 Å². The summed E-state index contributed by atoms with van der Waals surface area (Å²) in [7, 11) is 1.73. The Labute approximate surface area is 123 Å². The minimum absolute atomic E-state index is 0.196. The number of aryl methyl sites for hydroxylation is 1. The highest BCUT2D eigenvalue weighted by Crippen LogP contribution is 2.11. The van der Waals surface area contributed by atoms with Crippen LogP contribution in [0.1, 0.15) is 35.4 Å². The summed E-state index contributed by atoms with van der Waals surface area (Å²) in [4.78, 5) is 18.0. The number of aromatic amines is 1. The van der Waals surface area contributed by atoms with Crippen molar-refractivity contribution in [3.8, 4) is 0 Å². The Bertz CT molecular complexity index is 579. The molecule has 1 N–H and O–H groups in total. The maximum Gasteiger partial charge on any atom is 0.293 e. The molecule has 0 aliphatic heterocycles. The number of carbonyl (C=O) groups is 1. The van der Waals surface area contributed by atoms with E-state index in [1.165, 1.54) is 0 Å². The number of benzene rings is 1. The molecule has 0 radical (unpaired) electrons. The number of H-pyrrole nitrogens is 1. The number of aromatic nitrogens is 3. The zero-order valence-electron chi connectivity index (χ0n) is 11.6. The molecule has 1 heterocycles. The third-order valence-corrected chi connectivity index (χ3v) is 3.14. The van der Waals surface area contributed by atoms with Crippen molar-refractivity contribution in [2.45, 2.75) is 26.3 Å². The Kier molecular flexibility index (Phi) is 4.74. The van der Waals surface area contributed by atoms with E-state index in [1.54, 1.807) is 24.1 Å². The first-order valence-electron chi connectivity index (χ1n) is 6.51. The molecule has 0 spiro atoms. The predicted molar refractivity (Wildman–Crippen MR) is 77.6 cm³/mol. The topological polar surface area (TPSA) is 61.9 Å². The molecule has 5 nitrogen and oxygen atoms in total. The molecule has 1 aromatic heterocycles. The molecular formula is C14H17ClN4O. The number of hydrogen-bond donors (Lipinski definition) is 1. The SMILES string of the molecule is CCCc1nc(C(=O)N(C)Cc2ccc(Cl)cc2)n[nH]1. The Morgan fingerprint density at radius 3 is 2.70 bits per heavy atom. The lowest BCUT2D eigenvalue weighted by atomic mass is 10.2. The highest BCUT2D eigenvalue weighted by atomic mass is 35.5. The van der Waals surface area contributed by atoms with Gasteiger partial charge in [-0.3, -0.25) is 9.89 Å². The van der Waals surface area contributed by atoms with Crippen molar-refractivity contribution in [2.24, 2.45) is 0 Å². The van der Waals surface area contributed by atoms with Gasteiger partial charge in [0.2, 0.25) is 5.82 Å². The average molecular weight is 293 g/mol. The molecule has 0 aliphatic carbocycles. The zero-order valence-corrected chi connectivity index (χ0v) is 12.3. The lowest BCUT2D eigenvalue weighted by Gasteiger charge is -2.15. The van der Waals surface area contributed by atoms with Crippen LogP contribution in [0.4, 0.5) is 0 Å². The van der Waals surface area contributed by atoms with Gasteiger partial charge in [0, 0.05) is 25.0 Å². The predicted octanol–water partition coefficient (Wildman–Crippen LogP) is 2.68. The lowest BCUT2D eigenvalue weighted by molar-refractivity contribution is 0.0773. The summed E-state index contributed by atoms with van der Waals surface area (Å²) in [6, 6.07) is 7.40. The number of carbonyl (C=O) groups excluding carboxylic acids is 1. The highest BCUT2D eigenvalue weighted by molar-refractivity contribution is 6.30. The molecule has 0 saturated carbocycles. The van der Waals surface area contributed by atoms with Crippen LogP contribution in [0.2, 0.25) is 5.02 Å². The molecule has 106 valence electrons. The second kappa shape index (κ2) is 6.52. The number of nitrogens with zero attached hydrogens (tertiary/aromatic N) is 3. The van der Waals surface area contributed by atoms with Gasteiger partial charge < -0.3 is 4.90 Å². The Hall–Kier alpha value is -1.88. The number of nitrogens with one attached hydrogen (secondary N) is 1. The van der Waals surface area contributed by atoms with Crippen molar-refractivity contribution < 1.29 is 4.79 Å². The van der Waals surface area contributed by atoms with Crippen molar-refractivity contribution in [1.82, 2.24) is 20.1 Å². The van der Waals surface area contributed by atoms with Gasteiger partial charge in [-0.2, -0.15) is 0 Å². The molecule has 0 unspecified atom stereocenters. The van der Waals surface area contributed by atoms with E-state index >= 15 is 0 Å². The van der Waals surface area contributed by atoms with E-state index in [0.29, 0.717) is 11.6 Å². The van der Waals surface area contributed by atoms with Gasteiger partial charge in [0.05, 0.1) is 0 Å². The number of halogens is 1. The summed E-state index contributed by atoms with van der Waals surface area (Å²) < 4.78 is 0. The van der Waals surface area contributed by atoms with E-state index in [4.69, 9.17) is 11.6 Å². The van der Waals surface area contributed by atoms with Crippen LogP contribution in [0.5, 0.6) is 0 Å². The quantitative estimate of drug-likeness (QED) is 0.921.